The Morgan fingerprint density at radius 3 is 2.55 bits per heavy atom. The van der Waals surface area contributed by atoms with Crippen molar-refractivity contribution in [2.75, 3.05) is 5.73 Å². The smallest absolute Gasteiger partial charge is 0.383 e. The molecular weight excluding hydrogens is 269 g/mol. The topological polar surface area (TPSA) is 67.6 Å². The van der Waals surface area contributed by atoms with Gasteiger partial charge in [-0.15, -0.1) is 0 Å². The van der Waals surface area contributed by atoms with Crippen molar-refractivity contribution in [3.8, 4) is 11.3 Å². The van der Waals surface area contributed by atoms with E-state index in [0.717, 1.165) is 18.3 Å². The van der Waals surface area contributed by atoms with Crippen LogP contribution >= 0.6 is 0 Å². The summed E-state index contributed by atoms with van der Waals surface area (Å²) in [6, 6.07) is 0.981. The summed E-state index contributed by atoms with van der Waals surface area (Å²) in [4.78, 5) is 10.8. The maximum atomic E-state index is 12.8. The lowest BCUT2D eigenvalue weighted by atomic mass is 10.1. The minimum atomic E-state index is -4.52. The molecule has 0 aromatic carbocycles. The van der Waals surface area contributed by atoms with E-state index in [4.69, 9.17) is 5.73 Å². The van der Waals surface area contributed by atoms with Crippen molar-refractivity contribution in [2.45, 2.75) is 26.4 Å². The largest absolute Gasteiger partial charge is 0.419 e. The molecule has 0 bridgehead atoms. The van der Waals surface area contributed by atoms with Crippen LogP contribution in [0.15, 0.2) is 18.5 Å². The average Bonchev–Trinajstić information content (AvgIpc) is 2.75. The Balaban J connectivity index is 2.36. The van der Waals surface area contributed by atoms with Gasteiger partial charge in [0, 0.05) is 18.2 Å². The van der Waals surface area contributed by atoms with E-state index in [2.05, 4.69) is 15.0 Å². The standard InChI is InChI=1S/C13H15F3N4/c1-7(2)3-11-18-6-10(20-11)8-4-9(13(14,15)16)12(17)19-5-8/h4-7H,3H2,1-2H3,(H2,17,19)(H,18,20). The normalized spacial score (nSPS) is 12.1. The van der Waals surface area contributed by atoms with Gasteiger partial charge in [0.05, 0.1) is 17.5 Å². The van der Waals surface area contributed by atoms with Crippen molar-refractivity contribution in [2.24, 2.45) is 5.92 Å². The molecule has 108 valence electrons. The van der Waals surface area contributed by atoms with Crippen LogP contribution < -0.4 is 5.73 Å². The summed E-state index contributed by atoms with van der Waals surface area (Å²) in [5.74, 6) is 0.618. The molecule has 0 atom stereocenters. The van der Waals surface area contributed by atoms with Gasteiger partial charge in [0.15, 0.2) is 0 Å². The summed E-state index contributed by atoms with van der Waals surface area (Å²) in [6.45, 7) is 4.07. The van der Waals surface area contributed by atoms with Crippen LogP contribution in [0.25, 0.3) is 11.3 Å². The number of hydrogen-bond donors (Lipinski definition) is 2. The molecule has 0 aliphatic heterocycles. The van der Waals surface area contributed by atoms with E-state index < -0.39 is 17.6 Å². The van der Waals surface area contributed by atoms with E-state index in [9.17, 15) is 13.2 Å². The van der Waals surface area contributed by atoms with Crippen LogP contribution in [0, 0.1) is 5.92 Å². The Morgan fingerprint density at radius 1 is 1.25 bits per heavy atom. The van der Waals surface area contributed by atoms with Crippen molar-refractivity contribution in [3.63, 3.8) is 0 Å². The van der Waals surface area contributed by atoms with E-state index in [1.54, 1.807) is 0 Å². The number of aromatic nitrogens is 3. The van der Waals surface area contributed by atoms with Gasteiger partial charge in [-0.05, 0) is 12.0 Å². The molecule has 20 heavy (non-hydrogen) atoms. The van der Waals surface area contributed by atoms with E-state index in [-0.39, 0.29) is 0 Å². The van der Waals surface area contributed by atoms with Gasteiger partial charge in [-0.25, -0.2) is 9.97 Å². The van der Waals surface area contributed by atoms with Crippen molar-refractivity contribution >= 4 is 5.82 Å². The fraction of sp³-hybridized carbons (Fsp3) is 0.385. The zero-order chi connectivity index (χ0) is 14.9. The number of hydrogen-bond acceptors (Lipinski definition) is 3. The molecular formula is C13H15F3N4. The van der Waals surface area contributed by atoms with E-state index in [1.807, 2.05) is 13.8 Å². The quantitative estimate of drug-likeness (QED) is 0.909. The molecule has 2 aromatic heterocycles. The molecule has 0 unspecified atom stereocenters. The second kappa shape index (κ2) is 5.15. The Bertz CT molecular complexity index is 602. The van der Waals surface area contributed by atoms with Crippen LogP contribution in [0.2, 0.25) is 0 Å². The van der Waals surface area contributed by atoms with Crippen LogP contribution in [-0.2, 0) is 12.6 Å². The highest BCUT2D eigenvalue weighted by Crippen LogP contribution is 2.34. The third-order valence-corrected chi connectivity index (χ3v) is 2.76. The fourth-order valence-corrected chi connectivity index (χ4v) is 1.85. The lowest BCUT2D eigenvalue weighted by molar-refractivity contribution is -0.137. The van der Waals surface area contributed by atoms with Gasteiger partial charge in [-0.1, -0.05) is 13.8 Å². The van der Waals surface area contributed by atoms with Crippen LogP contribution in [0.5, 0.6) is 0 Å². The zero-order valence-corrected chi connectivity index (χ0v) is 11.1. The van der Waals surface area contributed by atoms with Gasteiger partial charge in [0.1, 0.15) is 11.6 Å². The maximum absolute atomic E-state index is 12.8. The zero-order valence-electron chi connectivity index (χ0n) is 11.1. The first-order valence-corrected chi connectivity index (χ1v) is 6.14. The minimum absolute atomic E-state index is 0.314. The predicted molar refractivity (Wildman–Crippen MR) is 69.8 cm³/mol. The number of H-pyrrole nitrogens is 1. The highest BCUT2D eigenvalue weighted by molar-refractivity contribution is 5.61. The van der Waals surface area contributed by atoms with Gasteiger partial charge >= 0.3 is 6.18 Å². The number of pyridine rings is 1. The Hall–Kier alpha value is -2.05. The number of aromatic amines is 1. The lowest BCUT2D eigenvalue weighted by Gasteiger charge is -2.10. The van der Waals surface area contributed by atoms with Gasteiger partial charge < -0.3 is 10.7 Å². The highest BCUT2D eigenvalue weighted by Gasteiger charge is 2.34. The average molecular weight is 284 g/mol. The van der Waals surface area contributed by atoms with Gasteiger partial charge in [0.25, 0.3) is 0 Å². The molecule has 2 aromatic rings. The number of alkyl halides is 3. The molecule has 0 spiro atoms. The lowest BCUT2D eigenvalue weighted by Crippen LogP contribution is -2.10. The van der Waals surface area contributed by atoms with Crippen molar-refractivity contribution in [3.05, 3.63) is 29.8 Å². The summed E-state index contributed by atoms with van der Waals surface area (Å²) in [7, 11) is 0. The van der Waals surface area contributed by atoms with Gasteiger partial charge in [0.2, 0.25) is 0 Å². The SMILES string of the molecule is CC(C)Cc1ncc(-c2cnc(N)c(C(F)(F)F)c2)[nH]1. The number of halogens is 3. The van der Waals surface area contributed by atoms with Crippen LogP contribution in [-0.4, -0.2) is 15.0 Å². The summed E-state index contributed by atoms with van der Waals surface area (Å²) >= 11 is 0. The Morgan fingerprint density at radius 2 is 1.95 bits per heavy atom. The third kappa shape index (κ3) is 3.09. The molecule has 0 aliphatic carbocycles. The van der Waals surface area contributed by atoms with Crippen LogP contribution in [0.3, 0.4) is 0 Å². The Kier molecular flexibility index (Phi) is 3.69. The minimum Gasteiger partial charge on any atom is -0.383 e. The predicted octanol–water partition coefficient (Wildman–Crippen LogP) is 3.27. The summed E-state index contributed by atoms with van der Waals surface area (Å²) in [6.07, 6.45) is -0.981. The van der Waals surface area contributed by atoms with Gasteiger partial charge in [-0.3, -0.25) is 0 Å². The molecule has 0 fully saturated rings. The van der Waals surface area contributed by atoms with E-state index in [0.29, 0.717) is 17.2 Å². The monoisotopic (exact) mass is 284 g/mol. The van der Waals surface area contributed by atoms with Crippen LogP contribution in [0.1, 0.15) is 25.2 Å². The maximum Gasteiger partial charge on any atom is 0.419 e. The number of nitrogens with one attached hydrogen (secondary N) is 1. The second-order valence-corrected chi connectivity index (χ2v) is 5.00. The third-order valence-electron chi connectivity index (χ3n) is 2.76. The number of nitrogens with two attached hydrogens (primary N) is 1. The molecule has 7 heteroatoms. The summed E-state index contributed by atoms with van der Waals surface area (Å²) in [5, 5.41) is 0. The van der Waals surface area contributed by atoms with Crippen molar-refractivity contribution in [1.29, 1.82) is 0 Å². The molecule has 0 radical (unpaired) electrons. The van der Waals surface area contributed by atoms with Crippen molar-refractivity contribution < 1.29 is 13.2 Å². The number of imidazole rings is 1. The molecule has 0 saturated heterocycles. The molecule has 3 N–H and O–H groups in total. The number of anilines is 1. The summed E-state index contributed by atoms with van der Waals surface area (Å²) < 4.78 is 38.3. The number of nitrogens with zero attached hydrogens (tertiary/aromatic N) is 2. The molecule has 0 saturated carbocycles. The molecule has 4 nitrogen and oxygen atoms in total. The van der Waals surface area contributed by atoms with Crippen molar-refractivity contribution in [1.82, 2.24) is 15.0 Å². The molecule has 2 rings (SSSR count). The number of rotatable bonds is 3. The second-order valence-electron chi connectivity index (χ2n) is 5.00. The highest BCUT2D eigenvalue weighted by atomic mass is 19.4. The number of nitrogen functional groups attached to an aromatic ring is 1. The fourth-order valence-electron chi connectivity index (χ4n) is 1.85. The first-order chi connectivity index (χ1) is 9.27. The molecule has 0 aliphatic rings. The first-order valence-electron chi connectivity index (χ1n) is 6.14. The molecule has 2 heterocycles. The van der Waals surface area contributed by atoms with E-state index >= 15 is 0 Å². The summed E-state index contributed by atoms with van der Waals surface area (Å²) in [5.41, 5.74) is 5.15. The first kappa shape index (κ1) is 14.4. The van der Waals surface area contributed by atoms with E-state index in [1.165, 1.54) is 12.4 Å². The molecule has 0 amide bonds. The van der Waals surface area contributed by atoms with Crippen LogP contribution in [0.4, 0.5) is 19.0 Å². The Labute approximate surface area is 114 Å². The van der Waals surface area contributed by atoms with Gasteiger partial charge in [-0.2, -0.15) is 13.2 Å².